The van der Waals surface area contributed by atoms with E-state index in [2.05, 4.69) is 41.7 Å². The van der Waals surface area contributed by atoms with Crippen molar-refractivity contribution in [2.75, 3.05) is 41.4 Å². The predicted octanol–water partition coefficient (Wildman–Crippen LogP) is 12.3. The highest BCUT2D eigenvalue weighted by Gasteiger charge is 2.27. The van der Waals surface area contributed by atoms with Crippen molar-refractivity contribution in [2.24, 2.45) is 20.5 Å². The molecule has 21 heteroatoms. The number of aryl methyl sites for hydroxylation is 1. The van der Waals surface area contributed by atoms with E-state index in [-0.39, 0.29) is 56.2 Å². The Kier molecular flexibility index (Phi) is 19.2. The molecule has 0 saturated carbocycles. The Morgan fingerprint density at radius 1 is 0.565 bits per heavy atom. The predicted molar refractivity (Wildman–Crippen MR) is 269 cm³/mol. The number of ether oxygens (including phenoxy) is 2. The number of hydrogen-bond acceptors (Lipinski definition) is 12. The summed E-state index contributed by atoms with van der Waals surface area (Å²) in [5, 5.41) is 26.4. The van der Waals surface area contributed by atoms with Crippen LogP contribution in [0.3, 0.4) is 0 Å². The number of rotatable bonds is 20. The second kappa shape index (κ2) is 24.7. The largest absolute Gasteiger partial charge is 0.497 e. The van der Waals surface area contributed by atoms with Crippen LogP contribution >= 0.6 is 58.0 Å². The summed E-state index contributed by atoms with van der Waals surface area (Å²) < 4.78 is 10.6. The summed E-state index contributed by atoms with van der Waals surface area (Å²) >= 11 is 31.6. The third-order valence-corrected chi connectivity index (χ3v) is 11.4. The van der Waals surface area contributed by atoms with E-state index in [9.17, 15) is 28.8 Å². The summed E-state index contributed by atoms with van der Waals surface area (Å²) in [5.74, 6) is -2.97. The number of carbonyl (C=O) groups is 6. The van der Waals surface area contributed by atoms with E-state index < -0.39 is 58.0 Å². The van der Waals surface area contributed by atoms with Crippen molar-refractivity contribution in [3.63, 3.8) is 0 Å². The van der Waals surface area contributed by atoms with Crippen molar-refractivity contribution in [3.05, 3.63) is 129 Å². The fraction of sp³-hybridized carbons (Fsp3) is 0.250. The molecule has 0 spiro atoms. The van der Waals surface area contributed by atoms with Gasteiger partial charge in [0.2, 0.25) is 12.1 Å². The average Bonchev–Trinajstić information content (AvgIpc) is 3.30. The number of anilines is 4. The maximum atomic E-state index is 13.6. The van der Waals surface area contributed by atoms with Crippen LogP contribution in [0.25, 0.3) is 0 Å². The third kappa shape index (κ3) is 14.3. The van der Waals surface area contributed by atoms with Crippen LogP contribution in [-0.2, 0) is 25.6 Å². The van der Waals surface area contributed by atoms with Crippen molar-refractivity contribution in [1.29, 1.82) is 0 Å². The first-order valence-corrected chi connectivity index (χ1v) is 23.0. The summed E-state index contributed by atoms with van der Waals surface area (Å²) in [4.78, 5) is 79.2. The van der Waals surface area contributed by atoms with Crippen LogP contribution in [0.2, 0.25) is 10.0 Å². The molecule has 0 radical (unpaired) electrons. The molecular weight excluding hydrogens is 994 g/mol. The lowest BCUT2D eigenvalue weighted by Gasteiger charge is -2.16. The van der Waals surface area contributed by atoms with Gasteiger partial charge in [-0.05, 0) is 118 Å². The number of azo groups is 2. The fourth-order valence-corrected chi connectivity index (χ4v) is 7.37. The molecule has 0 bridgehead atoms. The minimum atomic E-state index is -1.64. The van der Waals surface area contributed by atoms with Crippen LogP contribution in [0.1, 0.15) is 75.9 Å². The molecule has 16 nitrogen and oxygen atoms in total. The Hall–Kier alpha value is -6.43. The highest BCUT2D eigenvalue weighted by Crippen LogP contribution is 2.35. The molecule has 0 aliphatic carbocycles. The van der Waals surface area contributed by atoms with Crippen molar-refractivity contribution in [1.82, 2.24) is 0 Å². The van der Waals surface area contributed by atoms with Gasteiger partial charge >= 0.3 is 0 Å². The Morgan fingerprint density at radius 2 is 1.01 bits per heavy atom. The van der Waals surface area contributed by atoms with Crippen LogP contribution in [0.5, 0.6) is 11.5 Å². The first-order chi connectivity index (χ1) is 32.8. The summed E-state index contributed by atoms with van der Waals surface area (Å²) in [6, 6.07) is 19.8. The number of ketones is 2. The lowest BCUT2D eigenvalue weighted by Crippen LogP contribution is -2.32. The molecule has 69 heavy (non-hydrogen) atoms. The molecule has 0 saturated heterocycles. The molecular formula is C48H45Cl5N8O8. The van der Waals surface area contributed by atoms with Crippen molar-refractivity contribution >= 4 is 127 Å². The number of amides is 4. The van der Waals surface area contributed by atoms with Gasteiger partial charge in [0.25, 0.3) is 23.6 Å². The maximum absolute atomic E-state index is 13.6. The summed E-state index contributed by atoms with van der Waals surface area (Å²) in [7, 11) is 2.99. The van der Waals surface area contributed by atoms with Crippen molar-refractivity contribution in [3.8, 4) is 11.5 Å². The molecule has 0 aliphatic rings. The molecule has 0 aliphatic heterocycles. The number of methoxy groups -OCH3 is 2. The van der Waals surface area contributed by atoms with Gasteiger partial charge in [0.15, 0.2) is 11.6 Å². The van der Waals surface area contributed by atoms with Gasteiger partial charge in [-0.2, -0.15) is 20.5 Å². The SMILES string of the molecule is COc1ccc(C(C)Cl)c(NC(=O)c2ccc(Cl)c(N=NC(C(C)=O)C(=O)Nc3ccc(NC(=O)C(N=Nc4cc(C(=O)Nc5cc(OC)ccc5C(C)Cl)ccc4Cl)C(C)=O)c(CCCl)c3)c2)c1. The summed E-state index contributed by atoms with van der Waals surface area (Å²) in [6.07, 6.45) is 0.195. The number of hydrogen-bond donors (Lipinski definition) is 4. The smallest absolute Gasteiger partial charge is 0.258 e. The zero-order valence-corrected chi connectivity index (χ0v) is 41.6. The quantitative estimate of drug-likeness (QED) is 0.0333. The second-order valence-corrected chi connectivity index (χ2v) is 17.6. The summed E-state index contributed by atoms with van der Waals surface area (Å²) in [5.41, 5.74) is 3.36. The van der Waals surface area contributed by atoms with Gasteiger partial charge in [0.05, 0.1) is 35.0 Å². The standard InChI is InChI=1S/C48H45Cl5N8O8/c1-24(50)34-12-10-32(68-5)22-39(34)56-45(64)29-7-14-36(52)41(20-29)58-60-43(26(3)62)47(66)54-31-9-16-38(28(19-31)17-18-49)55-48(67)44(27(4)63)61-59-42-21-30(8-15-37(42)53)46(65)57-40-23-33(69-6)11-13-35(40)25(2)51/h7-16,19-25,43-44H,17-18H2,1-6H3,(H,54,66)(H,55,67)(H,56,64)(H,57,65). The molecule has 0 fully saturated rings. The zero-order chi connectivity index (χ0) is 50.5. The Bertz CT molecular complexity index is 2840. The van der Waals surface area contributed by atoms with Gasteiger partial charge in [0.1, 0.15) is 22.9 Å². The lowest BCUT2D eigenvalue weighted by molar-refractivity contribution is -0.127. The fourth-order valence-electron chi connectivity index (χ4n) is 6.48. The third-order valence-electron chi connectivity index (χ3n) is 10.1. The van der Waals surface area contributed by atoms with Gasteiger partial charge < -0.3 is 30.7 Å². The normalized spacial score (nSPS) is 13.0. The molecule has 360 valence electrons. The first-order valence-electron chi connectivity index (χ1n) is 20.8. The van der Waals surface area contributed by atoms with Crippen molar-refractivity contribution in [2.45, 2.75) is 57.0 Å². The van der Waals surface area contributed by atoms with Crippen molar-refractivity contribution < 1.29 is 38.2 Å². The topological polar surface area (TPSA) is 218 Å². The highest BCUT2D eigenvalue weighted by molar-refractivity contribution is 6.33. The minimum absolute atomic E-state index is 0.00648. The van der Waals surface area contributed by atoms with Gasteiger partial charge in [-0.3, -0.25) is 28.8 Å². The first kappa shape index (κ1) is 53.5. The molecule has 5 aromatic rings. The van der Waals surface area contributed by atoms with Gasteiger partial charge in [0, 0.05) is 51.9 Å². The van der Waals surface area contributed by atoms with Gasteiger partial charge in [-0.15, -0.1) is 34.8 Å². The van der Waals surface area contributed by atoms with Crippen LogP contribution in [0.15, 0.2) is 111 Å². The van der Waals surface area contributed by atoms with Gasteiger partial charge in [-0.1, -0.05) is 35.3 Å². The second-order valence-electron chi connectivity index (χ2n) is 15.1. The van der Waals surface area contributed by atoms with E-state index in [1.807, 2.05) is 0 Å². The molecule has 5 aromatic carbocycles. The van der Waals surface area contributed by atoms with Crippen LogP contribution in [-0.4, -0.2) is 67.4 Å². The summed E-state index contributed by atoms with van der Waals surface area (Å²) in [6.45, 7) is 5.83. The Labute approximate surface area is 422 Å². The minimum Gasteiger partial charge on any atom is -0.497 e. The monoisotopic (exact) mass is 1040 g/mol. The molecule has 4 amide bonds. The molecule has 4 unspecified atom stereocenters. The molecule has 0 aromatic heterocycles. The molecule has 4 atom stereocenters. The average molecular weight is 1040 g/mol. The maximum Gasteiger partial charge on any atom is 0.258 e. The number of carbonyl (C=O) groups excluding carboxylic acids is 6. The Morgan fingerprint density at radius 3 is 1.42 bits per heavy atom. The molecule has 0 heterocycles. The van der Waals surface area contributed by atoms with Crippen LogP contribution in [0, 0.1) is 0 Å². The van der Waals surface area contributed by atoms with E-state index in [0.717, 1.165) is 13.8 Å². The number of benzene rings is 5. The molecule has 4 N–H and O–H groups in total. The van der Waals surface area contributed by atoms with Gasteiger partial charge in [-0.25, -0.2) is 0 Å². The highest BCUT2D eigenvalue weighted by atomic mass is 35.5. The molecule has 5 rings (SSSR count). The van der Waals surface area contributed by atoms with E-state index in [0.29, 0.717) is 39.6 Å². The van der Waals surface area contributed by atoms with Crippen LogP contribution < -0.4 is 30.7 Å². The zero-order valence-electron chi connectivity index (χ0n) is 37.8. The number of halogens is 5. The van der Waals surface area contributed by atoms with Crippen LogP contribution in [0.4, 0.5) is 34.1 Å². The number of nitrogens with one attached hydrogen (secondary N) is 4. The lowest BCUT2D eigenvalue weighted by atomic mass is 10.1. The number of nitrogens with zero attached hydrogens (tertiary/aromatic N) is 4. The van der Waals surface area contributed by atoms with E-state index in [1.165, 1.54) is 68.8 Å². The number of Topliss-reactive ketones (excluding diaryl/α,β-unsaturated/α-hetero) is 2. The Balaban J connectivity index is 1.29. The van der Waals surface area contributed by atoms with E-state index in [4.69, 9.17) is 67.5 Å². The van der Waals surface area contributed by atoms with E-state index >= 15 is 0 Å². The number of alkyl halides is 3. The van der Waals surface area contributed by atoms with E-state index in [1.54, 1.807) is 50.2 Å².